The van der Waals surface area contributed by atoms with Gasteiger partial charge >= 0.3 is 5.97 Å². The molecule has 4 nitrogen and oxygen atoms in total. The van der Waals surface area contributed by atoms with Gasteiger partial charge in [-0.25, -0.2) is 9.78 Å². The molecule has 0 saturated carbocycles. The number of nitrogens with zero attached hydrogens (tertiary/aromatic N) is 2. The van der Waals surface area contributed by atoms with Crippen LogP contribution in [0.2, 0.25) is 0 Å². The van der Waals surface area contributed by atoms with Crippen LogP contribution in [-0.2, 0) is 6.42 Å². The second-order valence-corrected chi connectivity index (χ2v) is 6.13. The van der Waals surface area contributed by atoms with E-state index in [2.05, 4.69) is 4.98 Å². The van der Waals surface area contributed by atoms with Gasteiger partial charge in [-0.15, -0.1) is 11.3 Å². The van der Waals surface area contributed by atoms with E-state index in [4.69, 9.17) is 0 Å². The Balaban J connectivity index is 2.34. The maximum Gasteiger partial charge on any atom is 0.354 e. The van der Waals surface area contributed by atoms with Crippen molar-refractivity contribution in [2.24, 2.45) is 0 Å². The van der Waals surface area contributed by atoms with E-state index in [9.17, 15) is 9.90 Å². The molecule has 1 aromatic carbocycles. The minimum absolute atomic E-state index is 0.301. The quantitative estimate of drug-likeness (QED) is 0.791. The van der Waals surface area contributed by atoms with Crippen LogP contribution in [0.25, 0.3) is 16.2 Å². The number of aryl methyl sites for hydroxylation is 2. The summed E-state index contributed by atoms with van der Waals surface area (Å²) in [5, 5.41) is 9.60. The van der Waals surface area contributed by atoms with Crippen molar-refractivity contribution in [3.05, 3.63) is 46.6 Å². The van der Waals surface area contributed by atoms with Crippen LogP contribution in [0.1, 0.15) is 34.4 Å². The first-order valence-corrected chi connectivity index (χ1v) is 7.74. The molecule has 1 N–H and O–H groups in total. The predicted octanol–water partition coefficient (Wildman–Crippen LogP) is 4.02. The molecule has 0 unspecified atom stereocenters. The Kier molecular flexibility index (Phi) is 3.51. The number of fused-ring (bicyclic) bond motifs is 1. The number of benzene rings is 1. The zero-order valence-corrected chi connectivity index (χ0v) is 12.8. The summed E-state index contributed by atoms with van der Waals surface area (Å²) in [5.74, 6) is -0.916. The molecule has 0 amide bonds. The van der Waals surface area contributed by atoms with Crippen LogP contribution in [0.3, 0.4) is 0 Å². The van der Waals surface area contributed by atoms with Crippen molar-refractivity contribution in [1.29, 1.82) is 0 Å². The number of carbonyl (C=O) groups is 1. The topological polar surface area (TPSA) is 54.6 Å². The molecule has 0 bridgehead atoms. The van der Waals surface area contributed by atoms with Gasteiger partial charge in [0.2, 0.25) is 0 Å². The molecule has 0 atom stereocenters. The molecular weight excluding hydrogens is 284 g/mol. The first kappa shape index (κ1) is 13.8. The van der Waals surface area contributed by atoms with Crippen molar-refractivity contribution in [2.45, 2.75) is 26.7 Å². The minimum Gasteiger partial charge on any atom is -0.477 e. The second-order valence-electron chi connectivity index (χ2n) is 4.95. The second kappa shape index (κ2) is 5.33. The molecule has 5 heteroatoms. The molecule has 3 aromatic rings. The summed E-state index contributed by atoms with van der Waals surface area (Å²) in [7, 11) is 0. The van der Waals surface area contributed by atoms with E-state index in [1.54, 1.807) is 15.7 Å². The van der Waals surface area contributed by atoms with Crippen molar-refractivity contribution in [2.75, 3.05) is 0 Å². The molecule has 0 saturated heterocycles. The molecule has 0 radical (unpaired) electrons. The first-order valence-electron chi connectivity index (χ1n) is 6.93. The van der Waals surface area contributed by atoms with Crippen molar-refractivity contribution in [3.8, 4) is 11.3 Å². The van der Waals surface area contributed by atoms with Crippen LogP contribution in [0.4, 0.5) is 0 Å². The van der Waals surface area contributed by atoms with Gasteiger partial charge < -0.3 is 5.11 Å². The average Bonchev–Trinajstić information content (AvgIpc) is 2.93. The number of rotatable bonds is 4. The summed E-state index contributed by atoms with van der Waals surface area (Å²) in [6, 6.07) is 9.88. The third kappa shape index (κ3) is 2.23. The summed E-state index contributed by atoms with van der Waals surface area (Å²) in [6.45, 7) is 4.04. The molecule has 0 fully saturated rings. The van der Waals surface area contributed by atoms with Gasteiger partial charge in [-0.1, -0.05) is 43.7 Å². The first-order chi connectivity index (χ1) is 10.1. The minimum atomic E-state index is -0.916. The number of imidazole rings is 1. The van der Waals surface area contributed by atoms with Gasteiger partial charge in [0, 0.05) is 4.88 Å². The molecule has 2 aromatic heterocycles. The van der Waals surface area contributed by atoms with Gasteiger partial charge in [0.05, 0.1) is 11.4 Å². The van der Waals surface area contributed by atoms with Crippen LogP contribution in [0, 0.1) is 6.92 Å². The van der Waals surface area contributed by atoms with Gasteiger partial charge in [-0.05, 0) is 18.9 Å². The molecule has 0 spiro atoms. The highest BCUT2D eigenvalue weighted by Gasteiger charge is 2.23. The van der Waals surface area contributed by atoms with Gasteiger partial charge in [-0.3, -0.25) is 4.40 Å². The lowest BCUT2D eigenvalue weighted by atomic mass is 10.1. The van der Waals surface area contributed by atoms with Crippen molar-refractivity contribution in [3.63, 3.8) is 0 Å². The molecule has 21 heavy (non-hydrogen) atoms. The molecular formula is C16H16N2O2S. The third-order valence-corrected chi connectivity index (χ3v) is 4.41. The Morgan fingerprint density at radius 1 is 1.33 bits per heavy atom. The Morgan fingerprint density at radius 2 is 2.05 bits per heavy atom. The van der Waals surface area contributed by atoms with Gasteiger partial charge in [0.1, 0.15) is 0 Å². The highest BCUT2D eigenvalue weighted by atomic mass is 32.1. The van der Waals surface area contributed by atoms with E-state index >= 15 is 0 Å². The smallest absolute Gasteiger partial charge is 0.354 e. The standard InChI is InChI=1S/C16H16N2O2S/c1-3-7-12-14(15(19)20)18-13(10(2)21-16(18)17-12)11-8-5-4-6-9-11/h4-6,8-9H,3,7H2,1-2H3,(H,19,20). The fourth-order valence-electron chi connectivity index (χ4n) is 2.62. The molecule has 0 aliphatic heterocycles. The maximum atomic E-state index is 11.7. The Hall–Kier alpha value is -2.14. The molecule has 3 rings (SSSR count). The van der Waals surface area contributed by atoms with E-state index < -0.39 is 5.97 Å². The van der Waals surface area contributed by atoms with E-state index in [0.29, 0.717) is 17.8 Å². The number of carboxylic acid groups (broad SMARTS) is 1. The zero-order valence-electron chi connectivity index (χ0n) is 12.0. The van der Waals surface area contributed by atoms with E-state index in [1.807, 2.05) is 44.2 Å². The predicted molar refractivity (Wildman–Crippen MR) is 84.2 cm³/mol. The average molecular weight is 300 g/mol. The Bertz CT molecular complexity index is 803. The number of carboxylic acids is 1. The summed E-state index contributed by atoms with van der Waals surface area (Å²) in [5.41, 5.74) is 2.93. The van der Waals surface area contributed by atoms with Crippen LogP contribution < -0.4 is 0 Å². The SMILES string of the molecule is CCCc1nc2sc(C)c(-c3ccccc3)n2c1C(=O)O. The number of aromatic carboxylic acids is 1. The molecule has 0 aliphatic carbocycles. The van der Waals surface area contributed by atoms with E-state index in [0.717, 1.165) is 27.5 Å². The summed E-state index contributed by atoms with van der Waals surface area (Å²) >= 11 is 1.54. The van der Waals surface area contributed by atoms with Crippen molar-refractivity contribution in [1.82, 2.24) is 9.38 Å². The largest absolute Gasteiger partial charge is 0.477 e. The number of thiazole rings is 1. The fraction of sp³-hybridized carbons (Fsp3) is 0.250. The highest BCUT2D eigenvalue weighted by Crippen LogP contribution is 2.33. The van der Waals surface area contributed by atoms with Crippen LogP contribution in [-0.4, -0.2) is 20.5 Å². The lowest BCUT2D eigenvalue weighted by molar-refractivity contribution is 0.0688. The summed E-state index contributed by atoms with van der Waals surface area (Å²) < 4.78 is 1.79. The molecule has 2 heterocycles. The molecule has 0 aliphatic rings. The zero-order chi connectivity index (χ0) is 15.0. The lowest BCUT2D eigenvalue weighted by Gasteiger charge is -2.05. The van der Waals surface area contributed by atoms with E-state index in [1.165, 1.54) is 0 Å². The van der Waals surface area contributed by atoms with Crippen LogP contribution in [0.5, 0.6) is 0 Å². The number of hydrogen-bond acceptors (Lipinski definition) is 3. The molecule has 108 valence electrons. The fourth-order valence-corrected chi connectivity index (χ4v) is 3.63. The summed E-state index contributed by atoms with van der Waals surface area (Å²) in [4.78, 5) is 18.1. The van der Waals surface area contributed by atoms with Crippen molar-refractivity contribution >= 4 is 22.3 Å². The van der Waals surface area contributed by atoms with E-state index in [-0.39, 0.29) is 0 Å². The van der Waals surface area contributed by atoms with Crippen molar-refractivity contribution < 1.29 is 9.90 Å². The highest BCUT2D eigenvalue weighted by molar-refractivity contribution is 7.17. The van der Waals surface area contributed by atoms with Crippen LogP contribution >= 0.6 is 11.3 Å². The number of hydrogen-bond donors (Lipinski definition) is 1. The Labute approximate surface area is 126 Å². The lowest BCUT2D eigenvalue weighted by Crippen LogP contribution is -2.06. The maximum absolute atomic E-state index is 11.7. The van der Waals surface area contributed by atoms with Gasteiger partial charge in [0.15, 0.2) is 10.7 Å². The Morgan fingerprint density at radius 3 is 2.67 bits per heavy atom. The summed E-state index contributed by atoms with van der Waals surface area (Å²) in [6.07, 6.45) is 1.56. The third-order valence-electron chi connectivity index (χ3n) is 3.46. The van der Waals surface area contributed by atoms with Gasteiger partial charge in [-0.2, -0.15) is 0 Å². The number of aromatic nitrogens is 2. The normalized spacial score (nSPS) is 11.1. The van der Waals surface area contributed by atoms with Crippen LogP contribution in [0.15, 0.2) is 30.3 Å². The monoisotopic (exact) mass is 300 g/mol. The van der Waals surface area contributed by atoms with Gasteiger partial charge in [0.25, 0.3) is 0 Å².